The summed E-state index contributed by atoms with van der Waals surface area (Å²) < 4.78 is 67.1. The van der Waals surface area contributed by atoms with Gasteiger partial charge in [-0.3, -0.25) is 19.4 Å². The molecule has 2 heterocycles. The van der Waals surface area contributed by atoms with Gasteiger partial charge in [-0.1, -0.05) is 60.7 Å². The predicted octanol–water partition coefficient (Wildman–Crippen LogP) is 5.60. The van der Waals surface area contributed by atoms with Crippen molar-refractivity contribution in [2.24, 2.45) is 11.8 Å². The second kappa shape index (κ2) is 17.2. The number of carbonyl (C=O) groups excluding carboxylic acids is 3. The highest BCUT2D eigenvalue weighted by Crippen LogP contribution is 2.29. The average molecular weight is 641 g/mol. The summed E-state index contributed by atoms with van der Waals surface area (Å²) in [7, 11) is 1.24. The van der Waals surface area contributed by atoms with Gasteiger partial charge < -0.3 is 19.3 Å². The maximum Gasteiger partial charge on any atom is 0.410 e. The number of methoxy groups -OCH3 is 1. The first-order valence-corrected chi connectivity index (χ1v) is 14.3. The first-order chi connectivity index (χ1) is 21.5. The van der Waals surface area contributed by atoms with Crippen LogP contribution in [-0.2, 0) is 37.0 Å². The van der Waals surface area contributed by atoms with Crippen LogP contribution in [0.2, 0.25) is 0 Å². The van der Waals surface area contributed by atoms with E-state index in [4.69, 9.17) is 14.6 Å². The van der Waals surface area contributed by atoms with Crippen molar-refractivity contribution >= 4 is 24.1 Å². The summed E-state index contributed by atoms with van der Waals surface area (Å²) in [6.45, 7) is -0.411. The number of piperidine rings is 2. The second-order valence-electron chi connectivity index (χ2n) is 10.6. The Labute approximate surface area is 257 Å². The van der Waals surface area contributed by atoms with Crippen molar-refractivity contribution in [2.75, 3.05) is 20.2 Å². The third-order valence-corrected chi connectivity index (χ3v) is 7.60. The minimum absolute atomic E-state index is 0.00494. The van der Waals surface area contributed by atoms with Crippen LogP contribution in [0.4, 0.5) is 27.2 Å². The molecule has 4 rings (SSSR count). The summed E-state index contributed by atoms with van der Waals surface area (Å²) >= 11 is 0. The number of carboxylic acids is 1. The Kier molecular flexibility index (Phi) is 13.4. The summed E-state index contributed by atoms with van der Waals surface area (Å²) in [4.78, 5) is 48.6. The van der Waals surface area contributed by atoms with Gasteiger partial charge in [0.1, 0.15) is 13.2 Å². The van der Waals surface area contributed by atoms with Crippen molar-refractivity contribution in [3.63, 3.8) is 0 Å². The van der Waals surface area contributed by atoms with E-state index in [2.05, 4.69) is 4.74 Å². The number of rotatable bonds is 8. The number of amides is 2. The normalized spacial score (nSPS) is 21.4. The molecule has 0 unspecified atom stereocenters. The van der Waals surface area contributed by atoms with E-state index in [1.165, 1.54) is 7.11 Å². The highest BCUT2D eigenvalue weighted by Gasteiger charge is 2.41. The molecule has 2 fully saturated rings. The summed E-state index contributed by atoms with van der Waals surface area (Å²) in [5.41, 5.74) is 1.49. The Bertz CT molecular complexity index is 1250. The molecule has 14 heteroatoms. The quantitative estimate of drug-likeness (QED) is 0.225. The number of alkyl halides is 4. The topological polar surface area (TPSA) is 123 Å². The maximum atomic E-state index is 13.1. The lowest BCUT2D eigenvalue weighted by molar-refractivity contribution is -0.148. The van der Waals surface area contributed by atoms with Crippen LogP contribution in [-0.4, -0.2) is 84.2 Å². The number of carbonyl (C=O) groups is 4. The summed E-state index contributed by atoms with van der Waals surface area (Å²) in [5, 5.41) is 9.00. The molecule has 10 nitrogen and oxygen atoms in total. The van der Waals surface area contributed by atoms with Gasteiger partial charge in [0.25, 0.3) is 12.9 Å². The van der Waals surface area contributed by atoms with Crippen LogP contribution < -0.4 is 0 Å². The first-order valence-electron chi connectivity index (χ1n) is 14.3. The molecule has 2 aromatic rings. The molecule has 0 aliphatic carbocycles. The Morgan fingerprint density at radius 2 is 1.11 bits per heavy atom. The minimum Gasteiger partial charge on any atom is -0.481 e. The van der Waals surface area contributed by atoms with Crippen LogP contribution in [0.25, 0.3) is 0 Å². The standard InChI is InChI=1S/C16H19F2NO4.C15H17F2NO4/c1-22-15(20)12-7-8-13(14(17)18)19(9-12)16(21)23-10-11-5-3-2-4-6-11;16-13(17)12-7-6-11(14(19)20)8-18(12)15(21)22-9-10-4-2-1-3-5-10/h2-6,12-14H,7-10H2,1H3;1-5,11-13H,6-9H2,(H,19,20)/t12-,13+;11-,12+/m10/s1. The van der Waals surface area contributed by atoms with Crippen molar-refractivity contribution < 1.29 is 56.1 Å². The fourth-order valence-electron chi connectivity index (χ4n) is 5.09. The molecule has 4 atom stereocenters. The Morgan fingerprint density at radius 3 is 1.49 bits per heavy atom. The third-order valence-electron chi connectivity index (χ3n) is 7.60. The van der Waals surface area contributed by atoms with Gasteiger partial charge in [0.2, 0.25) is 0 Å². The second-order valence-corrected chi connectivity index (χ2v) is 10.6. The Morgan fingerprint density at radius 1 is 0.711 bits per heavy atom. The summed E-state index contributed by atoms with van der Waals surface area (Å²) in [5.74, 6) is -3.02. The van der Waals surface area contributed by atoms with Gasteiger partial charge >= 0.3 is 24.1 Å². The number of hydrogen-bond acceptors (Lipinski definition) is 7. The molecule has 0 bridgehead atoms. The molecule has 0 spiro atoms. The van der Waals surface area contributed by atoms with Gasteiger partial charge in [-0.05, 0) is 36.8 Å². The fraction of sp³-hybridized carbons (Fsp3) is 0.484. The molecule has 2 aliphatic rings. The van der Waals surface area contributed by atoms with Gasteiger partial charge in [0.05, 0.1) is 31.0 Å². The maximum absolute atomic E-state index is 13.1. The summed E-state index contributed by atoms with van der Waals surface area (Å²) in [6.07, 6.45) is -6.76. The fourth-order valence-corrected chi connectivity index (χ4v) is 5.09. The van der Waals surface area contributed by atoms with Gasteiger partial charge in [-0.15, -0.1) is 0 Å². The monoisotopic (exact) mass is 640 g/mol. The molecule has 0 aromatic heterocycles. The zero-order chi connectivity index (χ0) is 32.9. The van der Waals surface area contributed by atoms with Crippen molar-refractivity contribution in [2.45, 2.75) is 63.8 Å². The Balaban J connectivity index is 0.000000246. The number of nitrogens with zero attached hydrogens (tertiary/aromatic N) is 2. The highest BCUT2D eigenvalue weighted by molar-refractivity contribution is 5.75. The number of esters is 1. The lowest BCUT2D eigenvalue weighted by atomic mass is 9.93. The zero-order valence-electron chi connectivity index (χ0n) is 24.6. The minimum atomic E-state index is -2.72. The van der Waals surface area contributed by atoms with Gasteiger partial charge in [-0.2, -0.15) is 0 Å². The average Bonchev–Trinajstić information content (AvgIpc) is 3.06. The molecule has 2 amide bonds. The molecule has 45 heavy (non-hydrogen) atoms. The molecular weight excluding hydrogens is 604 g/mol. The van der Waals surface area contributed by atoms with Crippen molar-refractivity contribution in [1.29, 1.82) is 0 Å². The predicted molar refractivity (Wildman–Crippen MR) is 151 cm³/mol. The highest BCUT2D eigenvalue weighted by atomic mass is 19.3. The van der Waals surface area contributed by atoms with E-state index in [0.29, 0.717) is 0 Å². The van der Waals surface area contributed by atoms with Crippen LogP contribution in [0, 0.1) is 11.8 Å². The Hall–Kier alpha value is -4.36. The van der Waals surface area contributed by atoms with E-state index in [1.807, 2.05) is 6.07 Å². The molecule has 0 radical (unpaired) electrons. The van der Waals surface area contributed by atoms with E-state index >= 15 is 0 Å². The molecular formula is C31H36F4N2O8. The first kappa shape index (κ1) is 35.1. The van der Waals surface area contributed by atoms with E-state index in [0.717, 1.165) is 20.9 Å². The van der Waals surface area contributed by atoms with Crippen molar-refractivity contribution in [3.05, 3.63) is 71.8 Å². The van der Waals surface area contributed by atoms with Crippen molar-refractivity contribution in [1.82, 2.24) is 9.80 Å². The number of halogens is 4. The number of likely N-dealkylation sites (tertiary alicyclic amines) is 2. The molecule has 0 saturated carbocycles. The molecule has 2 saturated heterocycles. The number of benzene rings is 2. The van der Waals surface area contributed by atoms with E-state index in [9.17, 15) is 36.7 Å². The molecule has 2 aromatic carbocycles. The van der Waals surface area contributed by atoms with Crippen LogP contribution in [0.3, 0.4) is 0 Å². The SMILES string of the molecule is COC(=O)[C@@H]1CC[C@@H](C(F)F)N(C(=O)OCc2ccccc2)C1.O=C(O)[C@H]1CC[C@H](C(F)F)N(C(=O)OCc2ccccc2)C1. The molecule has 246 valence electrons. The van der Waals surface area contributed by atoms with Gasteiger partial charge in [-0.25, -0.2) is 27.2 Å². The van der Waals surface area contributed by atoms with E-state index in [1.54, 1.807) is 54.6 Å². The number of aliphatic carboxylic acids is 1. The third kappa shape index (κ3) is 10.4. The van der Waals surface area contributed by atoms with Gasteiger partial charge in [0.15, 0.2) is 0 Å². The molecule has 1 N–H and O–H groups in total. The van der Waals surface area contributed by atoms with Crippen LogP contribution in [0.1, 0.15) is 36.8 Å². The lowest BCUT2D eigenvalue weighted by Gasteiger charge is -2.37. The lowest BCUT2D eigenvalue weighted by Crippen LogP contribution is -2.51. The van der Waals surface area contributed by atoms with Crippen LogP contribution in [0.5, 0.6) is 0 Å². The number of ether oxygens (including phenoxy) is 3. The van der Waals surface area contributed by atoms with Gasteiger partial charge in [0, 0.05) is 13.1 Å². The zero-order valence-corrected chi connectivity index (χ0v) is 24.6. The van der Waals surface area contributed by atoms with E-state index in [-0.39, 0.29) is 52.0 Å². The molecule has 2 aliphatic heterocycles. The largest absolute Gasteiger partial charge is 0.481 e. The van der Waals surface area contributed by atoms with Crippen molar-refractivity contribution in [3.8, 4) is 0 Å². The van der Waals surface area contributed by atoms with E-state index < -0.39 is 60.9 Å². The number of carboxylic acid groups (broad SMARTS) is 1. The van der Waals surface area contributed by atoms with Crippen LogP contribution >= 0.6 is 0 Å². The van der Waals surface area contributed by atoms with Crippen LogP contribution in [0.15, 0.2) is 60.7 Å². The summed E-state index contributed by atoms with van der Waals surface area (Å²) in [6, 6.07) is 15.2. The smallest absolute Gasteiger partial charge is 0.410 e. The number of hydrogen-bond donors (Lipinski definition) is 1.